The molecule has 0 saturated heterocycles. The number of carbonyl (C=O) groups excluding carboxylic acids is 2. The molecule has 0 radical (unpaired) electrons. The van der Waals surface area contributed by atoms with Gasteiger partial charge in [-0.15, -0.1) is 5.10 Å². The molecular formula is C13H22N4O3. The lowest BCUT2D eigenvalue weighted by Gasteiger charge is -2.13. The van der Waals surface area contributed by atoms with E-state index in [2.05, 4.69) is 24.2 Å². The highest BCUT2D eigenvalue weighted by atomic mass is 16.5. The lowest BCUT2D eigenvalue weighted by molar-refractivity contribution is -0.129. The summed E-state index contributed by atoms with van der Waals surface area (Å²) in [6.07, 6.45) is 2.04. The standard InChI is InChI=1S/C13H22N4O3/c1-9(2)6-10(3)20-13(19)11-7-17(15-14-11)8-12(18)16(4)5/h7,9-10H,6,8H2,1-5H3/t10-/m0/s1. The summed E-state index contributed by atoms with van der Waals surface area (Å²) >= 11 is 0. The van der Waals surface area contributed by atoms with Crippen LogP contribution in [0.5, 0.6) is 0 Å². The molecule has 1 aromatic heterocycles. The molecule has 112 valence electrons. The van der Waals surface area contributed by atoms with Crippen molar-refractivity contribution in [3.63, 3.8) is 0 Å². The van der Waals surface area contributed by atoms with Gasteiger partial charge in [0, 0.05) is 14.1 Å². The number of likely N-dealkylation sites (N-methyl/N-ethyl adjacent to an activating group) is 1. The predicted molar refractivity (Wildman–Crippen MR) is 73.0 cm³/mol. The van der Waals surface area contributed by atoms with Crippen LogP contribution in [0.1, 0.15) is 37.7 Å². The first-order chi connectivity index (χ1) is 9.29. The van der Waals surface area contributed by atoms with Crippen molar-refractivity contribution in [1.82, 2.24) is 19.9 Å². The predicted octanol–water partition coefficient (Wildman–Crippen LogP) is 0.958. The fourth-order valence-corrected chi connectivity index (χ4v) is 1.70. The highest BCUT2D eigenvalue weighted by Gasteiger charge is 2.17. The van der Waals surface area contributed by atoms with E-state index in [1.165, 1.54) is 15.8 Å². The molecule has 7 nitrogen and oxygen atoms in total. The molecule has 1 atom stereocenters. The fraction of sp³-hybridized carbons (Fsp3) is 0.692. The third-order valence-corrected chi connectivity index (χ3v) is 2.66. The summed E-state index contributed by atoms with van der Waals surface area (Å²) in [5.41, 5.74) is 0.118. The average molecular weight is 282 g/mol. The van der Waals surface area contributed by atoms with Gasteiger partial charge in [-0.3, -0.25) is 4.79 Å². The Labute approximate surface area is 118 Å². The summed E-state index contributed by atoms with van der Waals surface area (Å²) in [7, 11) is 3.31. The van der Waals surface area contributed by atoms with Gasteiger partial charge in [0.15, 0.2) is 5.69 Å². The van der Waals surface area contributed by atoms with E-state index in [-0.39, 0.29) is 24.2 Å². The summed E-state index contributed by atoms with van der Waals surface area (Å²) in [4.78, 5) is 24.8. The summed E-state index contributed by atoms with van der Waals surface area (Å²) in [5.74, 6) is -0.184. The maximum absolute atomic E-state index is 11.8. The van der Waals surface area contributed by atoms with Crippen molar-refractivity contribution >= 4 is 11.9 Å². The Morgan fingerprint density at radius 2 is 2.00 bits per heavy atom. The quantitative estimate of drug-likeness (QED) is 0.726. The molecule has 20 heavy (non-hydrogen) atoms. The Morgan fingerprint density at radius 3 is 2.55 bits per heavy atom. The number of ether oxygens (including phenoxy) is 1. The van der Waals surface area contributed by atoms with E-state index in [9.17, 15) is 9.59 Å². The second-order valence-corrected chi connectivity index (χ2v) is 5.44. The molecule has 0 saturated carbocycles. The van der Waals surface area contributed by atoms with Gasteiger partial charge in [0.05, 0.1) is 12.3 Å². The highest BCUT2D eigenvalue weighted by Crippen LogP contribution is 2.09. The first-order valence-corrected chi connectivity index (χ1v) is 6.60. The van der Waals surface area contributed by atoms with Crippen LogP contribution < -0.4 is 0 Å². The van der Waals surface area contributed by atoms with Crippen LogP contribution in [0, 0.1) is 5.92 Å². The van der Waals surface area contributed by atoms with E-state index in [1.54, 1.807) is 14.1 Å². The van der Waals surface area contributed by atoms with Crippen LogP contribution in [0.2, 0.25) is 0 Å². The molecule has 0 bridgehead atoms. The molecule has 0 aliphatic carbocycles. The van der Waals surface area contributed by atoms with E-state index >= 15 is 0 Å². The summed E-state index contributed by atoms with van der Waals surface area (Å²) in [6, 6.07) is 0. The lowest BCUT2D eigenvalue weighted by atomic mass is 10.1. The van der Waals surface area contributed by atoms with Gasteiger partial charge in [0.1, 0.15) is 6.54 Å². The number of aromatic nitrogens is 3. The largest absolute Gasteiger partial charge is 0.458 e. The average Bonchev–Trinajstić information content (AvgIpc) is 2.76. The molecule has 0 fully saturated rings. The van der Waals surface area contributed by atoms with Crippen LogP contribution >= 0.6 is 0 Å². The molecular weight excluding hydrogens is 260 g/mol. The van der Waals surface area contributed by atoms with Gasteiger partial charge < -0.3 is 9.64 Å². The smallest absolute Gasteiger partial charge is 0.360 e. The molecule has 1 aromatic rings. The van der Waals surface area contributed by atoms with Crippen LogP contribution in [0.25, 0.3) is 0 Å². The number of nitrogens with zero attached hydrogens (tertiary/aromatic N) is 4. The van der Waals surface area contributed by atoms with Crippen molar-refractivity contribution in [2.45, 2.75) is 39.8 Å². The molecule has 0 N–H and O–H groups in total. The zero-order valence-corrected chi connectivity index (χ0v) is 12.7. The molecule has 1 rings (SSSR count). The summed E-state index contributed by atoms with van der Waals surface area (Å²) in [6.45, 7) is 6.02. The zero-order valence-electron chi connectivity index (χ0n) is 12.7. The van der Waals surface area contributed by atoms with Gasteiger partial charge in [0.25, 0.3) is 0 Å². The lowest BCUT2D eigenvalue weighted by Crippen LogP contribution is -2.26. The van der Waals surface area contributed by atoms with Crippen LogP contribution in [-0.4, -0.2) is 52.0 Å². The molecule has 0 unspecified atom stereocenters. The number of esters is 1. The Hall–Kier alpha value is -1.92. The van der Waals surface area contributed by atoms with Crippen LogP contribution in [-0.2, 0) is 16.1 Å². The van der Waals surface area contributed by atoms with Crippen LogP contribution in [0.3, 0.4) is 0 Å². The van der Waals surface area contributed by atoms with Gasteiger partial charge in [-0.25, -0.2) is 9.48 Å². The summed E-state index contributed by atoms with van der Waals surface area (Å²) in [5, 5.41) is 7.47. The minimum absolute atomic E-state index is 0.0504. The van der Waals surface area contributed by atoms with E-state index in [0.29, 0.717) is 5.92 Å². The summed E-state index contributed by atoms with van der Waals surface area (Å²) < 4.78 is 6.59. The third-order valence-electron chi connectivity index (χ3n) is 2.66. The number of amides is 1. The first-order valence-electron chi connectivity index (χ1n) is 6.60. The molecule has 1 amide bonds. The van der Waals surface area contributed by atoms with E-state index in [1.807, 2.05) is 6.92 Å². The molecule has 1 heterocycles. The molecule has 0 aliphatic rings. The number of carbonyl (C=O) groups is 2. The van der Waals surface area contributed by atoms with Crippen LogP contribution in [0.4, 0.5) is 0 Å². The molecule has 7 heteroatoms. The monoisotopic (exact) mass is 282 g/mol. The Kier molecular flexibility index (Phi) is 5.66. The van der Waals surface area contributed by atoms with Gasteiger partial charge in [-0.05, 0) is 19.3 Å². The van der Waals surface area contributed by atoms with Gasteiger partial charge in [0.2, 0.25) is 5.91 Å². The molecule has 0 aromatic carbocycles. The number of hydrogen-bond acceptors (Lipinski definition) is 5. The highest BCUT2D eigenvalue weighted by molar-refractivity contribution is 5.87. The van der Waals surface area contributed by atoms with Crippen molar-refractivity contribution < 1.29 is 14.3 Å². The SMILES string of the molecule is CC(C)C[C@H](C)OC(=O)c1cn(CC(=O)N(C)C)nn1. The Balaban J connectivity index is 2.58. The van der Waals surface area contributed by atoms with Crippen molar-refractivity contribution in [1.29, 1.82) is 0 Å². The van der Waals surface area contributed by atoms with Crippen LogP contribution in [0.15, 0.2) is 6.20 Å². The van der Waals surface area contributed by atoms with E-state index in [0.717, 1.165) is 6.42 Å². The maximum atomic E-state index is 11.8. The minimum Gasteiger partial charge on any atom is -0.458 e. The topological polar surface area (TPSA) is 77.3 Å². The number of rotatable bonds is 6. The number of hydrogen-bond donors (Lipinski definition) is 0. The van der Waals surface area contributed by atoms with Crippen molar-refractivity contribution in [2.24, 2.45) is 5.92 Å². The normalized spacial score (nSPS) is 12.3. The fourth-order valence-electron chi connectivity index (χ4n) is 1.70. The Bertz CT molecular complexity index is 468. The van der Waals surface area contributed by atoms with Crippen molar-refractivity contribution in [3.05, 3.63) is 11.9 Å². The zero-order chi connectivity index (χ0) is 15.3. The minimum atomic E-state index is -0.512. The third kappa shape index (κ3) is 4.99. The second kappa shape index (κ2) is 7.02. The second-order valence-electron chi connectivity index (χ2n) is 5.44. The van der Waals surface area contributed by atoms with Gasteiger partial charge in [-0.1, -0.05) is 19.1 Å². The van der Waals surface area contributed by atoms with Gasteiger partial charge >= 0.3 is 5.97 Å². The first kappa shape index (κ1) is 16.1. The van der Waals surface area contributed by atoms with Gasteiger partial charge in [-0.2, -0.15) is 0 Å². The van der Waals surface area contributed by atoms with E-state index in [4.69, 9.17) is 4.74 Å². The molecule has 0 spiro atoms. The van der Waals surface area contributed by atoms with E-state index < -0.39 is 5.97 Å². The maximum Gasteiger partial charge on any atom is 0.360 e. The molecule has 0 aliphatic heterocycles. The van der Waals surface area contributed by atoms with Crippen molar-refractivity contribution in [3.8, 4) is 0 Å². The Morgan fingerprint density at radius 1 is 1.35 bits per heavy atom. The van der Waals surface area contributed by atoms with Crippen molar-refractivity contribution in [2.75, 3.05) is 14.1 Å².